The van der Waals surface area contributed by atoms with E-state index in [1.165, 1.54) is 37.3 Å². The Labute approximate surface area is 201 Å². The molecular weight excluding hydrogens is 408 g/mol. The van der Waals surface area contributed by atoms with E-state index in [4.69, 9.17) is 4.74 Å². The van der Waals surface area contributed by atoms with E-state index in [9.17, 15) is 9.59 Å². The maximum atomic E-state index is 13.6. The third-order valence-corrected chi connectivity index (χ3v) is 10.6. The Kier molecular flexibility index (Phi) is 6.75. The zero-order valence-corrected chi connectivity index (χ0v) is 22.1. The Balaban J connectivity index is 1.58. The maximum absolute atomic E-state index is 13.6. The van der Waals surface area contributed by atoms with Gasteiger partial charge in [0.05, 0.1) is 0 Å². The molecule has 3 nitrogen and oxygen atoms in total. The monoisotopic (exact) mass is 454 g/mol. The largest absolute Gasteiger partial charge is 0.463 e. The highest BCUT2D eigenvalue weighted by Gasteiger charge is 2.58. The SMILES string of the molecule is CC(=O)O[C@@H]1CC[C@]2(C)C3=C(C(=O)C[C@H]2C1)[C@@H]1CC[C@@H]([C@H](C)/C=C/[C@H](C)C(C)C)[C@]1(C)CC3. The Bertz CT molecular complexity index is 851. The molecule has 2 fully saturated rings. The molecular formula is C30H46O3. The summed E-state index contributed by atoms with van der Waals surface area (Å²) < 4.78 is 5.56. The van der Waals surface area contributed by atoms with Crippen molar-refractivity contribution in [3.05, 3.63) is 23.3 Å². The predicted molar refractivity (Wildman–Crippen MR) is 134 cm³/mol. The van der Waals surface area contributed by atoms with Gasteiger partial charge < -0.3 is 4.74 Å². The molecule has 0 N–H and O–H groups in total. The van der Waals surface area contributed by atoms with Crippen LogP contribution in [0.1, 0.15) is 99.8 Å². The highest BCUT2D eigenvalue weighted by molar-refractivity contribution is 5.98. The number of fused-ring (bicyclic) bond motifs is 4. The Morgan fingerprint density at radius 2 is 1.79 bits per heavy atom. The van der Waals surface area contributed by atoms with E-state index < -0.39 is 0 Å². The number of carbonyl (C=O) groups is 2. The molecule has 33 heavy (non-hydrogen) atoms. The van der Waals surface area contributed by atoms with Gasteiger partial charge in [0.25, 0.3) is 0 Å². The molecule has 0 radical (unpaired) electrons. The lowest BCUT2D eigenvalue weighted by Crippen LogP contribution is -2.48. The zero-order chi connectivity index (χ0) is 24.1. The number of rotatable bonds is 5. The number of ether oxygens (including phenoxy) is 1. The van der Waals surface area contributed by atoms with Crippen molar-refractivity contribution < 1.29 is 14.3 Å². The van der Waals surface area contributed by atoms with Gasteiger partial charge in [-0.1, -0.05) is 59.3 Å². The lowest BCUT2D eigenvalue weighted by Gasteiger charge is -2.54. The maximum Gasteiger partial charge on any atom is 0.302 e. The summed E-state index contributed by atoms with van der Waals surface area (Å²) in [6.45, 7) is 15.7. The lowest BCUT2D eigenvalue weighted by atomic mass is 9.50. The van der Waals surface area contributed by atoms with Crippen molar-refractivity contribution in [3.8, 4) is 0 Å². The summed E-state index contributed by atoms with van der Waals surface area (Å²) in [6.07, 6.45) is 13.0. The Morgan fingerprint density at radius 1 is 1.06 bits per heavy atom. The van der Waals surface area contributed by atoms with Gasteiger partial charge in [0.2, 0.25) is 0 Å². The molecule has 0 aromatic heterocycles. The molecule has 2 saturated carbocycles. The number of esters is 1. The Morgan fingerprint density at radius 3 is 2.45 bits per heavy atom. The van der Waals surface area contributed by atoms with Crippen LogP contribution >= 0.6 is 0 Å². The third kappa shape index (κ3) is 4.27. The fourth-order valence-electron chi connectivity index (χ4n) is 8.10. The number of Topliss-reactive ketones (excluding diaryl/α,β-unsaturated/α-hetero) is 1. The van der Waals surface area contributed by atoms with E-state index in [1.807, 2.05) is 0 Å². The van der Waals surface area contributed by atoms with Gasteiger partial charge in [-0.15, -0.1) is 0 Å². The van der Waals surface area contributed by atoms with Crippen LogP contribution in [0.15, 0.2) is 23.3 Å². The quantitative estimate of drug-likeness (QED) is 0.323. The normalized spacial score (nSPS) is 40.4. The average Bonchev–Trinajstić information content (AvgIpc) is 3.09. The average molecular weight is 455 g/mol. The van der Waals surface area contributed by atoms with Gasteiger partial charge in [-0.25, -0.2) is 0 Å². The first kappa shape index (κ1) is 24.7. The number of hydrogen-bond acceptors (Lipinski definition) is 3. The van der Waals surface area contributed by atoms with Crippen LogP contribution < -0.4 is 0 Å². The predicted octanol–water partition coefficient (Wildman–Crippen LogP) is 7.30. The summed E-state index contributed by atoms with van der Waals surface area (Å²) >= 11 is 0. The van der Waals surface area contributed by atoms with Gasteiger partial charge in [-0.3, -0.25) is 9.59 Å². The number of carbonyl (C=O) groups excluding carboxylic acids is 2. The molecule has 4 aliphatic rings. The Hall–Kier alpha value is -1.38. The van der Waals surface area contributed by atoms with Crippen LogP contribution in [0.25, 0.3) is 0 Å². The van der Waals surface area contributed by atoms with Crippen molar-refractivity contribution in [3.63, 3.8) is 0 Å². The molecule has 0 heterocycles. The highest BCUT2D eigenvalue weighted by Crippen LogP contribution is 2.65. The summed E-state index contributed by atoms with van der Waals surface area (Å²) in [5.41, 5.74) is 3.07. The molecule has 0 aliphatic heterocycles. The molecule has 0 saturated heterocycles. The molecule has 4 aliphatic carbocycles. The van der Waals surface area contributed by atoms with Crippen molar-refractivity contribution >= 4 is 11.8 Å². The minimum atomic E-state index is -0.193. The van der Waals surface area contributed by atoms with Gasteiger partial charge in [0, 0.05) is 13.3 Å². The molecule has 0 amide bonds. The second-order valence-corrected chi connectivity index (χ2v) is 12.7. The third-order valence-electron chi connectivity index (χ3n) is 10.6. The minimum absolute atomic E-state index is 0.0129. The molecule has 4 rings (SSSR count). The molecule has 0 spiro atoms. The van der Waals surface area contributed by atoms with E-state index in [0.29, 0.717) is 47.7 Å². The number of ketones is 1. The number of allylic oxidation sites excluding steroid dienone is 4. The van der Waals surface area contributed by atoms with Crippen molar-refractivity contribution in [2.75, 3.05) is 0 Å². The molecule has 0 aromatic carbocycles. The second-order valence-electron chi connectivity index (χ2n) is 12.7. The van der Waals surface area contributed by atoms with Crippen LogP contribution in [0.4, 0.5) is 0 Å². The van der Waals surface area contributed by atoms with Crippen LogP contribution in [-0.2, 0) is 14.3 Å². The summed E-state index contributed by atoms with van der Waals surface area (Å²) in [4.78, 5) is 25.1. The van der Waals surface area contributed by atoms with Crippen molar-refractivity contribution in [1.82, 2.24) is 0 Å². The van der Waals surface area contributed by atoms with E-state index in [1.54, 1.807) is 0 Å². The van der Waals surface area contributed by atoms with Gasteiger partial charge in [-0.05, 0) is 96.9 Å². The van der Waals surface area contributed by atoms with Crippen molar-refractivity contribution in [2.45, 2.75) is 106 Å². The first-order valence-corrected chi connectivity index (χ1v) is 13.6. The molecule has 0 aromatic rings. The van der Waals surface area contributed by atoms with Crippen molar-refractivity contribution in [2.24, 2.45) is 46.3 Å². The minimum Gasteiger partial charge on any atom is -0.463 e. The smallest absolute Gasteiger partial charge is 0.302 e. The van der Waals surface area contributed by atoms with Crippen LogP contribution in [0.5, 0.6) is 0 Å². The molecule has 8 atom stereocenters. The van der Waals surface area contributed by atoms with Crippen molar-refractivity contribution in [1.29, 1.82) is 0 Å². The van der Waals surface area contributed by atoms with Crippen LogP contribution in [0.2, 0.25) is 0 Å². The van der Waals surface area contributed by atoms with Gasteiger partial charge in [0.1, 0.15) is 6.10 Å². The summed E-state index contributed by atoms with van der Waals surface area (Å²) in [6, 6.07) is 0. The van der Waals surface area contributed by atoms with E-state index >= 15 is 0 Å². The molecule has 184 valence electrons. The topological polar surface area (TPSA) is 43.4 Å². The zero-order valence-electron chi connectivity index (χ0n) is 22.1. The summed E-state index contributed by atoms with van der Waals surface area (Å²) in [5.74, 6) is 3.47. The van der Waals surface area contributed by atoms with Crippen LogP contribution in [-0.4, -0.2) is 17.9 Å². The first-order valence-electron chi connectivity index (χ1n) is 13.6. The van der Waals surface area contributed by atoms with Crippen LogP contribution in [0.3, 0.4) is 0 Å². The van der Waals surface area contributed by atoms with Crippen LogP contribution in [0, 0.1) is 46.3 Å². The fourth-order valence-corrected chi connectivity index (χ4v) is 8.10. The lowest BCUT2D eigenvalue weighted by molar-refractivity contribution is -0.150. The summed E-state index contributed by atoms with van der Waals surface area (Å²) in [7, 11) is 0. The van der Waals surface area contributed by atoms with Gasteiger partial charge in [-0.2, -0.15) is 0 Å². The van der Waals surface area contributed by atoms with E-state index in [2.05, 4.69) is 53.7 Å². The second kappa shape index (κ2) is 9.00. The first-order chi connectivity index (χ1) is 15.5. The molecule has 0 unspecified atom stereocenters. The van der Waals surface area contributed by atoms with E-state index in [0.717, 1.165) is 25.7 Å². The van der Waals surface area contributed by atoms with E-state index in [-0.39, 0.29) is 22.9 Å². The fraction of sp³-hybridized carbons (Fsp3) is 0.800. The molecule has 0 bridgehead atoms. The van der Waals surface area contributed by atoms with Gasteiger partial charge in [0.15, 0.2) is 5.78 Å². The highest BCUT2D eigenvalue weighted by atomic mass is 16.5. The molecule has 3 heteroatoms. The van der Waals surface area contributed by atoms with Gasteiger partial charge >= 0.3 is 5.97 Å². The summed E-state index contributed by atoms with van der Waals surface area (Å²) in [5, 5.41) is 0. The standard InChI is InChI=1S/C30H46O3/c1-18(2)19(3)8-9-20(4)24-10-11-25-28-26(13-15-30(24,25)7)29(6)14-12-23(33-21(5)31)16-22(29)17-27(28)32/h8-9,18-20,22-25H,10-17H2,1-7H3/b9-8+/t19-,20+,22+,23+,24-,25-,29-,30-/m0/s1. The number of hydrogen-bond donors (Lipinski definition) is 0.